The van der Waals surface area contributed by atoms with Crippen molar-refractivity contribution in [1.82, 2.24) is 9.55 Å². The second-order valence-corrected chi connectivity index (χ2v) is 3.84. The fraction of sp³-hybridized carbons (Fsp3) is 0.462. The highest BCUT2D eigenvalue weighted by atomic mass is 16.5. The second kappa shape index (κ2) is 4.66. The topological polar surface area (TPSA) is 27.1 Å². The SMILES string of the molecule is CC.Cc1ccc2ncn(C3COC3)c2c1. The van der Waals surface area contributed by atoms with E-state index in [9.17, 15) is 0 Å². The summed E-state index contributed by atoms with van der Waals surface area (Å²) in [6, 6.07) is 6.83. The van der Waals surface area contributed by atoms with Crippen LogP contribution in [-0.2, 0) is 4.74 Å². The van der Waals surface area contributed by atoms with E-state index in [1.807, 2.05) is 20.2 Å². The molecule has 1 fully saturated rings. The zero-order valence-corrected chi connectivity index (χ0v) is 10.1. The Morgan fingerprint density at radius 2 is 2.06 bits per heavy atom. The van der Waals surface area contributed by atoms with Gasteiger partial charge in [0.1, 0.15) is 0 Å². The van der Waals surface area contributed by atoms with Crippen LogP contribution < -0.4 is 0 Å². The molecule has 0 N–H and O–H groups in total. The van der Waals surface area contributed by atoms with Crippen molar-refractivity contribution in [1.29, 1.82) is 0 Å². The Balaban J connectivity index is 0.000000457. The van der Waals surface area contributed by atoms with Gasteiger partial charge in [-0.15, -0.1) is 0 Å². The molecule has 16 heavy (non-hydrogen) atoms. The molecule has 3 nitrogen and oxygen atoms in total. The molecule has 1 saturated heterocycles. The molecule has 0 aliphatic carbocycles. The van der Waals surface area contributed by atoms with Gasteiger partial charge >= 0.3 is 0 Å². The first-order valence-corrected chi connectivity index (χ1v) is 5.85. The van der Waals surface area contributed by atoms with E-state index in [0.29, 0.717) is 6.04 Å². The van der Waals surface area contributed by atoms with E-state index in [1.54, 1.807) is 0 Å². The number of rotatable bonds is 1. The van der Waals surface area contributed by atoms with Gasteiger partial charge in [-0.1, -0.05) is 19.9 Å². The summed E-state index contributed by atoms with van der Waals surface area (Å²) in [4.78, 5) is 4.37. The van der Waals surface area contributed by atoms with Crippen molar-refractivity contribution in [2.24, 2.45) is 0 Å². The molecule has 0 amide bonds. The van der Waals surface area contributed by atoms with Crippen LogP contribution in [0.25, 0.3) is 11.0 Å². The molecule has 0 atom stereocenters. The maximum absolute atomic E-state index is 5.19. The Morgan fingerprint density at radius 3 is 2.69 bits per heavy atom. The first-order chi connectivity index (χ1) is 7.84. The first-order valence-electron chi connectivity index (χ1n) is 5.85. The number of hydrogen-bond acceptors (Lipinski definition) is 2. The molecule has 0 spiro atoms. The second-order valence-electron chi connectivity index (χ2n) is 3.84. The predicted octanol–water partition coefficient (Wildman–Crippen LogP) is 2.94. The Morgan fingerprint density at radius 1 is 1.31 bits per heavy atom. The summed E-state index contributed by atoms with van der Waals surface area (Å²) in [5, 5.41) is 0. The van der Waals surface area contributed by atoms with Crippen LogP contribution in [0.1, 0.15) is 25.5 Å². The monoisotopic (exact) mass is 218 g/mol. The molecule has 0 radical (unpaired) electrons. The van der Waals surface area contributed by atoms with Gasteiger partial charge in [0.25, 0.3) is 0 Å². The summed E-state index contributed by atoms with van der Waals surface area (Å²) in [5.74, 6) is 0. The molecule has 0 bridgehead atoms. The van der Waals surface area contributed by atoms with Crippen molar-refractivity contribution in [2.75, 3.05) is 13.2 Å². The first kappa shape index (κ1) is 11.1. The van der Waals surface area contributed by atoms with Crippen LogP contribution in [0.2, 0.25) is 0 Å². The van der Waals surface area contributed by atoms with Crippen LogP contribution in [-0.4, -0.2) is 22.8 Å². The fourth-order valence-electron chi connectivity index (χ4n) is 1.81. The molecule has 3 heteroatoms. The molecule has 1 aromatic carbocycles. The largest absolute Gasteiger partial charge is 0.377 e. The minimum Gasteiger partial charge on any atom is -0.377 e. The number of hydrogen-bond donors (Lipinski definition) is 0. The van der Waals surface area contributed by atoms with E-state index < -0.39 is 0 Å². The summed E-state index contributed by atoms with van der Waals surface area (Å²) in [6.07, 6.45) is 1.91. The summed E-state index contributed by atoms with van der Waals surface area (Å²) < 4.78 is 7.40. The Hall–Kier alpha value is -1.35. The number of aromatic nitrogens is 2. The highest BCUT2D eigenvalue weighted by Crippen LogP contribution is 2.23. The van der Waals surface area contributed by atoms with Crippen LogP contribution >= 0.6 is 0 Å². The average molecular weight is 218 g/mol. The van der Waals surface area contributed by atoms with Gasteiger partial charge in [0.05, 0.1) is 36.6 Å². The van der Waals surface area contributed by atoms with Crippen LogP contribution in [0.5, 0.6) is 0 Å². The van der Waals surface area contributed by atoms with Gasteiger partial charge in [-0.3, -0.25) is 0 Å². The van der Waals surface area contributed by atoms with Crippen LogP contribution in [0.3, 0.4) is 0 Å². The van der Waals surface area contributed by atoms with Crippen molar-refractivity contribution in [3.05, 3.63) is 30.1 Å². The minimum atomic E-state index is 0.488. The quantitative estimate of drug-likeness (QED) is 0.735. The Bertz CT molecular complexity index is 472. The number of nitrogens with zero attached hydrogens (tertiary/aromatic N) is 2. The molecule has 0 saturated carbocycles. The van der Waals surface area contributed by atoms with Gasteiger partial charge in [-0.25, -0.2) is 4.98 Å². The highest BCUT2D eigenvalue weighted by molar-refractivity contribution is 5.76. The van der Waals surface area contributed by atoms with E-state index in [4.69, 9.17) is 4.74 Å². The number of imidazole rings is 1. The van der Waals surface area contributed by atoms with Gasteiger partial charge in [0, 0.05) is 0 Å². The molecule has 1 aliphatic heterocycles. The standard InChI is InChI=1S/C11H12N2O.C2H6/c1-8-2-3-10-11(4-8)13(7-12-10)9-5-14-6-9;1-2/h2-4,7,9H,5-6H2,1H3;1-2H3. The zero-order valence-electron chi connectivity index (χ0n) is 10.1. The van der Waals surface area contributed by atoms with Crippen molar-refractivity contribution >= 4 is 11.0 Å². The smallest absolute Gasteiger partial charge is 0.0962 e. The molecule has 1 aromatic heterocycles. The fourth-order valence-corrected chi connectivity index (χ4v) is 1.81. The molecular formula is C13H18N2O. The molecule has 0 unspecified atom stereocenters. The normalized spacial score (nSPS) is 15.4. The third-order valence-electron chi connectivity index (χ3n) is 2.74. The van der Waals surface area contributed by atoms with Gasteiger partial charge in [-0.05, 0) is 24.6 Å². The van der Waals surface area contributed by atoms with Crippen molar-refractivity contribution in [3.63, 3.8) is 0 Å². The van der Waals surface area contributed by atoms with E-state index in [1.165, 1.54) is 11.1 Å². The van der Waals surface area contributed by atoms with E-state index in [2.05, 4.69) is 34.7 Å². The predicted molar refractivity (Wildman–Crippen MR) is 65.7 cm³/mol. The number of ether oxygens (including phenoxy) is 1. The Kier molecular flexibility index (Phi) is 3.25. The number of fused-ring (bicyclic) bond motifs is 1. The van der Waals surface area contributed by atoms with Crippen molar-refractivity contribution < 1.29 is 4.74 Å². The molecule has 2 aromatic rings. The number of aryl methyl sites for hydroxylation is 1. The zero-order chi connectivity index (χ0) is 11.5. The molecule has 2 heterocycles. The lowest BCUT2D eigenvalue weighted by molar-refractivity contribution is -0.0216. The van der Waals surface area contributed by atoms with E-state index in [0.717, 1.165) is 18.7 Å². The molecule has 86 valence electrons. The van der Waals surface area contributed by atoms with E-state index in [-0.39, 0.29) is 0 Å². The highest BCUT2D eigenvalue weighted by Gasteiger charge is 2.21. The summed E-state index contributed by atoms with van der Waals surface area (Å²) in [6.45, 7) is 7.74. The maximum atomic E-state index is 5.19. The minimum absolute atomic E-state index is 0.488. The lowest BCUT2D eigenvalue weighted by Crippen LogP contribution is -2.30. The molecular weight excluding hydrogens is 200 g/mol. The summed E-state index contributed by atoms with van der Waals surface area (Å²) >= 11 is 0. The maximum Gasteiger partial charge on any atom is 0.0962 e. The molecule has 1 aliphatic rings. The lowest BCUT2D eigenvalue weighted by Gasteiger charge is -2.27. The summed E-state index contributed by atoms with van der Waals surface area (Å²) in [5.41, 5.74) is 3.57. The molecule has 3 rings (SSSR count). The van der Waals surface area contributed by atoms with Gasteiger partial charge < -0.3 is 9.30 Å². The van der Waals surface area contributed by atoms with Gasteiger partial charge in [-0.2, -0.15) is 0 Å². The Labute approximate surface area is 96.1 Å². The van der Waals surface area contributed by atoms with Crippen molar-refractivity contribution in [3.8, 4) is 0 Å². The summed E-state index contributed by atoms with van der Waals surface area (Å²) in [7, 11) is 0. The van der Waals surface area contributed by atoms with Crippen LogP contribution in [0.15, 0.2) is 24.5 Å². The number of benzene rings is 1. The van der Waals surface area contributed by atoms with E-state index >= 15 is 0 Å². The average Bonchev–Trinajstić information content (AvgIpc) is 2.62. The lowest BCUT2D eigenvalue weighted by atomic mass is 10.2. The van der Waals surface area contributed by atoms with Crippen molar-refractivity contribution in [2.45, 2.75) is 26.8 Å². The third kappa shape index (κ3) is 1.83. The van der Waals surface area contributed by atoms with Gasteiger partial charge in [0.15, 0.2) is 0 Å². The third-order valence-corrected chi connectivity index (χ3v) is 2.74. The van der Waals surface area contributed by atoms with Crippen LogP contribution in [0, 0.1) is 6.92 Å². The van der Waals surface area contributed by atoms with Gasteiger partial charge in [0.2, 0.25) is 0 Å². The van der Waals surface area contributed by atoms with Crippen LogP contribution in [0.4, 0.5) is 0 Å².